The minimum atomic E-state index is 0.0535. The van der Waals surface area contributed by atoms with Crippen molar-refractivity contribution >= 4 is 83.3 Å². The fourth-order valence-electron chi connectivity index (χ4n) is 9.73. The van der Waals surface area contributed by atoms with Gasteiger partial charge in [0.1, 0.15) is 5.75 Å². The number of ether oxygens (including phenoxy) is 1. The van der Waals surface area contributed by atoms with Gasteiger partial charge in [-0.05, 0) is 119 Å². The number of aryl methyl sites for hydroxylation is 4. The third-order valence-corrected chi connectivity index (χ3v) is 12.1. The van der Waals surface area contributed by atoms with Crippen molar-refractivity contribution in [2.45, 2.75) is 27.7 Å². The third kappa shape index (κ3) is 6.67. The molecule has 3 heteroatoms. The number of anilines is 3. The first-order valence-electron chi connectivity index (χ1n) is 20.9. The van der Waals surface area contributed by atoms with E-state index in [1.807, 2.05) is 0 Å². The summed E-state index contributed by atoms with van der Waals surface area (Å²) in [5.74, 6) is 0.823. The molecule has 0 atom stereocenters. The largest absolute Gasteiger partial charge is 0.496 e. The van der Waals surface area contributed by atoms with Gasteiger partial charge in [0, 0.05) is 28.7 Å². The second kappa shape index (κ2) is 15.3. The van der Waals surface area contributed by atoms with Gasteiger partial charge < -0.3 is 9.64 Å². The van der Waals surface area contributed by atoms with E-state index in [9.17, 15) is 0 Å². The average molecular weight is 772 g/mol. The second-order valence-corrected chi connectivity index (χ2v) is 16.4. The summed E-state index contributed by atoms with van der Waals surface area (Å²) in [6.07, 6.45) is 0. The Morgan fingerprint density at radius 1 is 0.367 bits per heavy atom. The zero-order chi connectivity index (χ0) is 40.9. The fourth-order valence-corrected chi connectivity index (χ4v) is 9.73. The van der Waals surface area contributed by atoms with Crippen molar-refractivity contribution in [3.63, 3.8) is 0 Å². The minimum Gasteiger partial charge on any atom is -0.496 e. The molecule has 10 rings (SSSR count). The topological polar surface area (TPSA) is 12.5 Å². The van der Waals surface area contributed by atoms with E-state index in [-0.39, 0.29) is 6.71 Å². The molecule has 0 aliphatic heterocycles. The molecule has 60 heavy (non-hydrogen) atoms. The van der Waals surface area contributed by atoms with E-state index < -0.39 is 0 Å². The number of hydrogen-bond donors (Lipinski definition) is 0. The van der Waals surface area contributed by atoms with Crippen molar-refractivity contribution in [3.05, 3.63) is 210 Å². The van der Waals surface area contributed by atoms with Gasteiger partial charge in [-0.1, -0.05) is 178 Å². The van der Waals surface area contributed by atoms with Crippen LogP contribution in [0.25, 0.3) is 54.2 Å². The molecule has 0 radical (unpaired) electrons. The van der Waals surface area contributed by atoms with E-state index in [2.05, 4.69) is 221 Å². The van der Waals surface area contributed by atoms with Crippen LogP contribution in [-0.2, 0) is 0 Å². The summed E-state index contributed by atoms with van der Waals surface area (Å²) in [6.45, 7) is 8.91. The molecule has 0 aliphatic rings. The molecule has 0 fully saturated rings. The monoisotopic (exact) mass is 771 g/mol. The van der Waals surface area contributed by atoms with Crippen LogP contribution in [0.2, 0.25) is 0 Å². The van der Waals surface area contributed by atoms with Gasteiger partial charge in [0.2, 0.25) is 6.71 Å². The first kappa shape index (κ1) is 37.2. The summed E-state index contributed by atoms with van der Waals surface area (Å²) in [5.41, 5.74) is 14.5. The lowest BCUT2D eigenvalue weighted by Gasteiger charge is -2.27. The van der Waals surface area contributed by atoms with Crippen LogP contribution in [0.1, 0.15) is 22.3 Å². The van der Waals surface area contributed by atoms with E-state index in [1.165, 1.54) is 81.7 Å². The Balaban J connectivity index is 1.19. The maximum absolute atomic E-state index is 6.34. The molecule has 0 aromatic heterocycles. The maximum Gasteiger partial charge on any atom is 0.242 e. The fraction of sp³-hybridized carbons (Fsp3) is 0.0877. The second-order valence-electron chi connectivity index (χ2n) is 16.4. The SMILES string of the molecule is COc1cc(N(c2ccccc2)c2ccc3ccccc3c2)ccc1-c1cc2c3ccccc3c(B(c3cc(C)cc(C)c3)c3cc(C)cc(C)c3)cc2c2ccccc12. The summed E-state index contributed by atoms with van der Waals surface area (Å²) in [4.78, 5) is 2.31. The van der Waals surface area contributed by atoms with Crippen LogP contribution in [0.3, 0.4) is 0 Å². The Hall–Kier alpha value is -7.10. The van der Waals surface area contributed by atoms with Crippen LogP contribution in [0.5, 0.6) is 5.75 Å². The molecular weight excluding hydrogens is 725 g/mol. The van der Waals surface area contributed by atoms with Gasteiger partial charge in [-0.3, -0.25) is 0 Å². The van der Waals surface area contributed by atoms with E-state index in [1.54, 1.807) is 7.11 Å². The summed E-state index contributed by atoms with van der Waals surface area (Å²) in [5, 5.41) is 9.84. The lowest BCUT2D eigenvalue weighted by molar-refractivity contribution is 0.416. The predicted octanol–water partition coefficient (Wildman–Crippen LogP) is 13.2. The van der Waals surface area contributed by atoms with E-state index >= 15 is 0 Å². The van der Waals surface area contributed by atoms with Gasteiger partial charge in [-0.15, -0.1) is 0 Å². The molecular formula is C57H46BNO. The molecule has 2 nitrogen and oxygen atoms in total. The van der Waals surface area contributed by atoms with Crippen molar-refractivity contribution < 1.29 is 4.74 Å². The molecule has 10 aromatic carbocycles. The molecule has 0 unspecified atom stereocenters. The molecule has 0 saturated carbocycles. The third-order valence-electron chi connectivity index (χ3n) is 12.1. The van der Waals surface area contributed by atoms with Crippen LogP contribution >= 0.6 is 0 Å². The van der Waals surface area contributed by atoms with Gasteiger partial charge in [0.05, 0.1) is 7.11 Å². The smallest absolute Gasteiger partial charge is 0.242 e. The highest BCUT2D eigenvalue weighted by Crippen LogP contribution is 2.44. The summed E-state index contributed by atoms with van der Waals surface area (Å²) in [7, 11) is 1.79. The van der Waals surface area contributed by atoms with Gasteiger partial charge in [-0.25, -0.2) is 0 Å². The van der Waals surface area contributed by atoms with Crippen LogP contribution in [0.15, 0.2) is 188 Å². The predicted molar refractivity (Wildman–Crippen MR) is 260 cm³/mol. The zero-order valence-corrected chi connectivity index (χ0v) is 34.8. The number of nitrogens with zero attached hydrogens (tertiary/aromatic N) is 1. The Kier molecular flexibility index (Phi) is 9.46. The molecule has 0 bridgehead atoms. The maximum atomic E-state index is 6.34. The number of para-hydroxylation sites is 1. The van der Waals surface area contributed by atoms with Gasteiger partial charge in [-0.2, -0.15) is 0 Å². The minimum absolute atomic E-state index is 0.0535. The van der Waals surface area contributed by atoms with Crippen LogP contribution in [0.4, 0.5) is 17.1 Å². The quantitative estimate of drug-likeness (QED) is 0.113. The molecule has 0 saturated heterocycles. The molecule has 0 aliphatic carbocycles. The Labute approximate surface area is 353 Å². The van der Waals surface area contributed by atoms with Crippen LogP contribution in [0, 0.1) is 27.7 Å². The van der Waals surface area contributed by atoms with Crippen molar-refractivity contribution in [2.75, 3.05) is 12.0 Å². The normalized spacial score (nSPS) is 11.4. The van der Waals surface area contributed by atoms with Gasteiger partial charge in [0.25, 0.3) is 0 Å². The van der Waals surface area contributed by atoms with Gasteiger partial charge in [0.15, 0.2) is 0 Å². The lowest BCUT2D eigenvalue weighted by atomic mass is 9.36. The first-order valence-corrected chi connectivity index (χ1v) is 20.9. The summed E-state index contributed by atoms with van der Waals surface area (Å²) < 4.78 is 6.34. The number of rotatable bonds is 8. The van der Waals surface area contributed by atoms with Crippen molar-refractivity contribution in [1.82, 2.24) is 0 Å². The molecule has 288 valence electrons. The van der Waals surface area contributed by atoms with Gasteiger partial charge >= 0.3 is 0 Å². The van der Waals surface area contributed by atoms with E-state index in [0.29, 0.717) is 0 Å². The Morgan fingerprint density at radius 3 is 1.53 bits per heavy atom. The number of benzene rings is 10. The standard InChI is InChI=1S/C57H46BNO/c1-37-27-38(2)30-43(29-37)58(44-31-39(3)28-40(4)32-44)56-36-55-49-20-12-11-19-48(49)53(35-54(55)50-21-13-14-22-51(50)56)52-26-25-47(34-57(52)60-5)59(45-17-7-6-8-18-45)46-24-23-41-15-9-10-16-42(41)33-46/h6-36H,1-5H3. The number of fused-ring (bicyclic) bond motifs is 6. The number of hydrogen-bond acceptors (Lipinski definition) is 2. The highest BCUT2D eigenvalue weighted by atomic mass is 16.5. The zero-order valence-electron chi connectivity index (χ0n) is 34.8. The number of methoxy groups -OCH3 is 1. The van der Waals surface area contributed by atoms with Crippen LogP contribution < -0.4 is 26.0 Å². The summed E-state index contributed by atoms with van der Waals surface area (Å²) in [6, 6.07) is 69.3. The van der Waals surface area contributed by atoms with Crippen molar-refractivity contribution in [3.8, 4) is 16.9 Å². The highest BCUT2D eigenvalue weighted by molar-refractivity contribution is 6.97. The van der Waals surface area contributed by atoms with Crippen LogP contribution in [-0.4, -0.2) is 13.8 Å². The summed E-state index contributed by atoms with van der Waals surface area (Å²) >= 11 is 0. The highest BCUT2D eigenvalue weighted by Gasteiger charge is 2.27. The first-order chi connectivity index (χ1) is 29.3. The van der Waals surface area contributed by atoms with E-state index in [4.69, 9.17) is 4.74 Å². The van der Waals surface area contributed by atoms with Crippen molar-refractivity contribution in [1.29, 1.82) is 0 Å². The molecule has 10 aromatic rings. The lowest BCUT2D eigenvalue weighted by Crippen LogP contribution is -2.52. The molecule has 0 heterocycles. The Morgan fingerprint density at radius 2 is 0.883 bits per heavy atom. The average Bonchev–Trinajstić information content (AvgIpc) is 3.26. The van der Waals surface area contributed by atoms with E-state index in [0.717, 1.165) is 33.9 Å². The molecule has 0 N–H and O–H groups in total. The molecule has 0 amide bonds. The Bertz CT molecular complexity index is 3170. The molecule has 0 spiro atoms. The van der Waals surface area contributed by atoms with Crippen molar-refractivity contribution in [2.24, 2.45) is 0 Å².